The van der Waals surface area contributed by atoms with Gasteiger partial charge in [-0.1, -0.05) is 30.3 Å². The number of rotatable bonds is 6. The van der Waals surface area contributed by atoms with Crippen LogP contribution in [-0.2, 0) is 6.42 Å². The van der Waals surface area contributed by atoms with Crippen LogP contribution in [0.3, 0.4) is 0 Å². The summed E-state index contributed by atoms with van der Waals surface area (Å²) in [5, 5.41) is 7.15. The molecule has 0 unspecified atom stereocenters. The molecule has 0 aliphatic rings. The van der Waals surface area contributed by atoms with Crippen molar-refractivity contribution in [3.8, 4) is 22.9 Å². The maximum absolute atomic E-state index is 5.41. The predicted octanol–water partition coefficient (Wildman–Crippen LogP) is 4.06. The van der Waals surface area contributed by atoms with Crippen LogP contribution < -0.4 is 14.8 Å². The van der Waals surface area contributed by atoms with E-state index in [4.69, 9.17) is 14.0 Å². The van der Waals surface area contributed by atoms with E-state index in [1.807, 2.05) is 30.3 Å². The van der Waals surface area contributed by atoms with Crippen LogP contribution in [0.4, 0.5) is 11.7 Å². The number of anilines is 2. The van der Waals surface area contributed by atoms with E-state index < -0.39 is 0 Å². The van der Waals surface area contributed by atoms with Gasteiger partial charge in [0.15, 0.2) is 11.5 Å². The average Bonchev–Trinajstić information content (AvgIpc) is 3.09. The lowest BCUT2D eigenvalue weighted by molar-refractivity contribution is 0.355. The number of nitrogens with zero attached hydrogens (tertiary/aromatic N) is 2. The molecule has 2 aromatic carbocycles. The molecule has 0 amide bonds. The van der Waals surface area contributed by atoms with E-state index in [2.05, 4.69) is 34.5 Å². The number of methoxy groups -OCH3 is 2. The van der Waals surface area contributed by atoms with E-state index in [0.29, 0.717) is 28.9 Å². The molecule has 6 heteroatoms. The van der Waals surface area contributed by atoms with E-state index in [9.17, 15) is 0 Å². The summed E-state index contributed by atoms with van der Waals surface area (Å²) >= 11 is 0. The zero-order valence-corrected chi connectivity index (χ0v) is 13.9. The first-order valence-corrected chi connectivity index (χ1v) is 7.66. The normalized spacial score (nSPS) is 10.5. The zero-order chi connectivity index (χ0) is 16.9. The summed E-state index contributed by atoms with van der Waals surface area (Å²) in [5.74, 6) is 1.62. The third-order valence-corrected chi connectivity index (χ3v) is 3.66. The second kappa shape index (κ2) is 7.04. The molecule has 0 spiro atoms. The Kier molecular flexibility index (Phi) is 4.65. The Hall–Kier alpha value is -3.02. The van der Waals surface area contributed by atoms with Crippen molar-refractivity contribution >= 4 is 11.7 Å². The van der Waals surface area contributed by atoms with E-state index in [-0.39, 0.29) is 0 Å². The Bertz CT molecular complexity index is 830. The minimum atomic E-state index is 0.322. The molecular weight excluding hydrogens is 306 g/mol. The summed E-state index contributed by atoms with van der Waals surface area (Å²) in [6, 6.07) is 13.9. The first-order valence-electron chi connectivity index (χ1n) is 7.66. The number of aromatic nitrogens is 2. The molecule has 6 nitrogen and oxygen atoms in total. The molecule has 0 bridgehead atoms. The van der Waals surface area contributed by atoms with Crippen molar-refractivity contribution in [2.24, 2.45) is 0 Å². The number of para-hydroxylation sites is 1. The van der Waals surface area contributed by atoms with E-state index in [1.54, 1.807) is 14.2 Å². The lowest BCUT2D eigenvalue weighted by Gasteiger charge is -2.09. The molecule has 124 valence electrons. The van der Waals surface area contributed by atoms with Gasteiger partial charge in [0, 0.05) is 5.69 Å². The van der Waals surface area contributed by atoms with Gasteiger partial charge in [-0.05, 0) is 36.2 Å². The summed E-state index contributed by atoms with van der Waals surface area (Å²) in [4.78, 5) is 4.39. The molecule has 1 N–H and O–H groups in total. The molecule has 0 saturated carbocycles. The van der Waals surface area contributed by atoms with Gasteiger partial charge >= 0.3 is 6.01 Å². The average molecular weight is 325 g/mol. The lowest BCUT2D eigenvalue weighted by Crippen LogP contribution is -1.94. The number of benzene rings is 2. The summed E-state index contributed by atoms with van der Waals surface area (Å²) in [5.41, 5.74) is 2.84. The Morgan fingerprint density at radius 2 is 1.92 bits per heavy atom. The van der Waals surface area contributed by atoms with Gasteiger partial charge < -0.3 is 19.3 Å². The topological polar surface area (TPSA) is 69.4 Å². The number of ether oxygens (including phenoxy) is 2. The van der Waals surface area contributed by atoms with Crippen LogP contribution in [0.2, 0.25) is 0 Å². The van der Waals surface area contributed by atoms with Crippen molar-refractivity contribution in [3.05, 3.63) is 48.0 Å². The monoisotopic (exact) mass is 325 g/mol. The molecular formula is C18H19N3O3. The molecule has 0 aliphatic heterocycles. The molecule has 1 aromatic heterocycles. The van der Waals surface area contributed by atoms with Crippen molar-refractivity contribution < 1.29 is 14.0 Å². The Morgan fingerprint density at radius 1 is 1.08 bits per heavy atom. The molecule has 3 aromatic rings. The fraction of sp³-hybridized carbons (Fsp3) is 0.222. The second-order valence-corrected chi connectivity index (χ2v) is 5.14. The SMILES string of the molecule is CCc1cccc(Nc2nc(-c3cccc(OC)c3OC)no2)c1. The van der Waals surface area contributed by atoms with Crippen molar-refractivity contribution in [2.45, 2.75) is 13.3 Å². The van der Waals surface area contributed by atoms with Crippen LogP contribution >= 0.6 is 0 Å². The van der Waals surface area contributed by atoms with Crippen LogP contribution in [0, 0.1) is 0 Å². The minimum absolute atomic E-state index is 0.322. The van der Waals surface area contributed by atoms with Crippen molar-refractivity contribution in [3.63, 3.8) is 0 Å². The maximum Gasteiger partial charge on any atom is 0.326 e. The Labute approximate surface area is 140 Å². The molecule has 0 saturated heterocycles. The first kappa shape index (κ1) is 15.9. The smallest absolute Gasteiger partial charge is 0.326 e. The molecule has 0 aliphatic carbocycles. The molecule has 0 fully saturated rings. The standard InChI is InChI=1S/C18H19N3O3/c1-4-12-7-5-8-13(11-12)19-18-20-17(21-24-18)14-9-6-10-15(22-2)16(14)23-3/h5-11H,4H2,1-3H3,(H,19,20,21). The maximum atomic E-state index is 5.41. The molecule has 1 heterocycles. The largest absolute Gasteiger partial charge is 0.493 e. The molecule has 0 atom stereocenters. The van der Waals surface area contributed by atoms with Crippen LogP contribution in [0.25, 0.3) is 11.4 Å². The Morgan fingerprint density at radius 3 is 2.67 bits per heavy atom. The third-order valence-electron chi connectivity index (χ3n) is 3.66. The third kappa shape index (κ3) is 3.17. The highest BCUT2D eigenvalue weighted by Crippen LogP contribution is 2.36. The highest BCUT2D eigenvalue weighted by atomic mass is 16.5. The summed E-state index contributed by atoms with van der Waals surface area (Å²) in [6.45, 7) is 2.11. The lowest BCUT2D eigenvalue weighted by atomic mass is 10.1. The second-order valence-electron chi connectivity index (χ2n) is 5.14. The Balaban J connectivity index is 1.88. The zero-order valence-electron chi connectivity index (χ0n) is 13.9. The van der Waals surface area contributed by atoms with E-state index in [1.165, 1.54) is 5.56 Å². The van der Waals surface area contributed by atoms with Crippen molar-refractivity contribution in [1.29, 1.82) is 0 Å². The molecule has 0 radical (unpaired) electrons. The highest BCUT2D eigenvalue weighted by molar-refractivity contribution is 5.69. The highest BCUT2D eigenvalue weighted by Gasteiger charge is 2.16. The van der Waals surface area contributed by atoms with Gasteiger partial charge in [-0.15, -0.1) is 0 Å². The summed E-state index contributed by atoms with van der Waals surface area (Å²) in [7, 11) is 3.17. The first-order chi connectivity index (χ1) is 11.7. The van der Waals surface area contributed by atoms with Gasteiger partial charge in [-0.2, -0.15) is 4.98 Å². The van der Waals surface area contributed by atoms with Crippen LogP contribution in [-0.4, -0.2) is 24.4 Å². The minimum Gasteiger partial charge on any atom is -0.493 e. The molecule has 3 rings (SSSR count). The van der Waals surface area contributed by atoms with Crippen molar-refractivity contribution in [1.82, 2.24) is 10.1 Å². The van der Waals surface area contributed by atoms with Gasteiger partial charge in [0.2, 0.25) is 5.82 Å². The fourth-order valence-corrected chi connectivity index (χ4v) is 2.44. The van der Waals surface area contributed by atoms with E-state index in [0.717, 1.165) is 12.1 Å². The van der Waals surface area contributed by atoms with Gasteiger partial charge in [-0.25, -0.2) is 0 Å². The van der Waals surface area contributed by atoms with Gasteiger partial charge in [0.1, 0.15) is 0 Å². The van der Waals surface area contributed by atoms with E-state index >= 15 is 0 Å². The van der Waals surface area contributed by atoms with Gasteiger partial charge in [0.05, 0.1) is 19.8 Å². The number of aryl methyl sites for hydroxylation is 1. The van der Waals surface area contributed by atoms with Gasteiger partial charge in [-0.3, -0.25) is 0 Å². The summed E-state index contributed by atoms with van der Waals surface area (Å²) in [6.07, 6.45) is 0.964. The number of hydrogen-bond acceptors (Lipinski definition) is 6. The predicted molar refractivity (Wildman–Crippen MR) is 91.9 cm³/mol. The van der Waals surface area contributed by atoms with Crippen LogP contribution in [0.15, 0.2) is 47.0 Å². The van der Waals surface area contributed by atoms with Gasteiger partial charge in [0.25, 0.3) is 0 Å². The molecule has 24 heavy (non-hydrogen) atoms. The summed E-state index contributed by atoms with van der Waals surface area (Å²) < 4.78 is 16.0. The van der Waals surface area contributed by atoms with Crippen LogP contribution in [0.5, 0.6) is 11.5 Å². The van der Waals surface area contributed by atoms with Crippen molar-refractivity contribution in [2.75, 3.05) is 19.5 Å². The quantitative estimate of drug-likeness (QED) is 0.737. The number of hydrogen-bond donors (Lipinski definition) is 1. The number of nitrogens with one attached hydrogen (secondary N) is 1. The van der Waals surface area contributed by atoms with Crippen LogP contribution in [0.1, 0.15) is 12.5 Å². The fourth-order valence-electron chi connectivity index (χ4n) is 2.44.